The zero-order chi connectivity index (χ0) is 19.2. The van der Waals surface area contributed by atoms with E-state index >= 15 is 0 Å². The van der Waals surface area contributed by atoms with E-state index in [1.54, 1.807) is 12.5 Å². The Labute approximate surface area is 160 Å². The molecule has 0 unspecified atom stereocenters. The van der Waals surface area contributed by atoms with Gasteiger partial charge in [-0.1, -0.05) is 31.2 Å². The lowest BCUT2D eigenvalue weighted by atomic mass is 10.1. The van der Waals surface area contributed by atoms with Crippen LogP contribution in [0.4, 0.5) is 0 Å². The molecule has 0 saturated heterocycles. The van der Waals surface area contributed by atoms with E-state index < -0.39 is 6.10 Å². The first kappa shape index (κ1) is 18.7. The molecule has 3 aromatic rings. The van der Waals surface area contributed by atoms with Crippen molar-refractivity contribution in [1.82, 2.24) is 14.9 Å². The van der Waals surface area contributed by atoms with Gasteiger partial charge in [0.2, 0.25) is 0 Å². The molecule has 27 heavy (non-hydrogen) atoms. The number of aryl methyl sites for hydroxylation is 1. The molecule has 140 valence electrons. The van der Waals surface area contributed by atoms with E-state index in [2.05, 4.69) is 10.3 Å². The molecule has 3 rings (SSSR count). The maximum absolute atomic E-state index is 12.6. The van der Waals surface area contributed by atoms with E-state index in [0.717, 1.165) is 28.1 Å². The van der Waals surface area contributed by atoms with Crippen molar-refractivity contribution in [2.45, 2.75) is 39.8 Å². The van der Waals surface area contributed by atoms with Gasteiger partial charge in [0, 0.05) is 24.6 Å². The summed E-state index contributed by atoms with van der Waals surface area (Å²) in [5.74, 6) is 0.666. The van der Waals surface area contributed by atoms with E-state index in [1.807, 2.05) is 74.0 Å². The van der Waals surface area contributed by atoms with Crippen LogP contribution in [0.2, 0.25) is 0 Å². The number of amides is 1. The maximum Gasteiger partial charge on any atom is 0.261 e. The minimum Gasteiger partial charge on any atom is -0.480 e. The molecule has 0 spiro atoms. The van der Waals surface area contributed by atoms with Gasteiger partial charge in [0.25, 0.3) is 5.91 Å². The number of hydrogen-bond acceptors (Lipinski definition) is 3. The number of benzene rings is 2. The normalized spacial score (nSPS) is 11.8. The van der Waals surface area contributed by atoms with Crippen molar-refractivity contribution >= 4 is 5.91 Å². The van der Waals surface area contributed by atoms with Gasteiger partial charge >= 0.3 is 0 Å². The highest BCUT2D eigenvalue weighted by Crippen LogP contribution is 2.22. The number of carbonyl (C=O) groups excluding carboxylic acids is 1. The van der Waals surface area contributed by atoms with Crippen LogP contribution in [0.3, 0.4) is 0 Å². The Balaban J connectivity index is 1.59. The highest BCUT2D eigenvalue weighted by molar-refractivity contribution is 5.81. The number of carbonyl (C=O) groups is 1. The number of aromatic nitrogens is 2. The second kappa shape index (κ2) is 8.54. The molecule has 1 amide bonds. The van der Waals surface area contributed by atoms with E-state index in [4.69, 9.17) is 4.74 Å². The molecule has 0 aliphatic heterocycles. The average Bonchev–Trinajstić information content (AvgIpc) is 3.22. The molecule has 0 bridgehead atoms. The molecule has 5 heteroatoms. The van der Waals surface area contributed by atoms with Gasteiger partial charge in [0.15, 0.2) is 6.10 Å². The highest BCUT2D eigenvalue weighted by atomic mass is 16.5. The number of hydrogen-bond donors (Lipinski definition) is 1. The number of nitrogens with zero attached hydrogens (tertiary/aromatic N) is 2. The van der Waals surface area contributed by atoms with Gasteiger partial charge in [-0.05, 0) is 55.2 Å². The summed E-state index contributed by atoms with van der Waals surface area (Å²) in [6.07, 6.45) is 5.50. The van der Waals surface area contributed by atoms with Crippen LogP contribution in [0.25, 0.3) is 5.69 Å². The minimum absolute atomic E-state index is 0.0999. The van der Waals surface area contributed by atoms with Crippen molar-refractivity contribution in [3.05, 3.63) is 77.9 Å². The van der Waals surface area contributed by atoms with Crippen LogP contribution < -0.4 is 10.1 Å². The van der Waals surface area contributed by atoms with Gasteiger partial charge in [-0.2, -0.15) is 0 Å². The first-order chi connectivity index (χ1) is 13.1. The summed E-state index contributed by atoms with van der Waals surface area (Å²) in [4.78, 5) is 16.6. The topological polar surface area (TPSA) is 56.1 Å². The fourth-order valence-corrected chi connectivity index (χ4v) is 2.83. The van der Waals surface area contributed by atoms with E-state index in [0.29, 0.717) is 13.0 Å². The lowest BCUT2D eigenvalue weighted by Crippen LogP contribution is -2.37. The Morgan fingerprint density at radius 1 is 1.19 bits per heavy atom. The standard InChI is InChI=1S/C22H25N3O2/c1-4-20(27-21-7-5-6-16(2)17(21)3)22(26)24-14-18-8-10-19(11-9-18)25-13-12-23-15-25/h5-13,15,20H,4,14H2,1-3H3,(H,24,26)/t20-/m1/s1. The summed E-state index contributed by atoms with van der Waals surface area (Å²) in [6.45, 7) is 6.47. The van der Waals surface area contributed by atoms with Crippen molar-refractivity contribution in [3.63, 3.8) is 0 Å². The van der Waals surface area contributed by atoms with Crippen LogP contribution in [-0.2, 0) is 11.3 Å². The molecule has 0 fully saturated rings. The van der Waals surface area contributed by atoms with Crippen molar-refractivity contribution in [1.29, 1.82) is 0 Å². The molecule has 1 N–H and O–H groups in total. The smallest absolute Gasteiger partial charge is 0.261 e. The molecular formula is C22H25N3O2. The van der Waals surface area contributed by atoms with Crippen molar-refractivity contribution in [3.8, 4) is 11.4 Å². The molecular weight excluding hydrogens is 338 g/mol. The Morgan fingerprint density at radius 3 is 2.63 bits per heavy atom. The number of ether oxygens (including phenoxy) is 1. The third-order valence-electron chi connectivity index (χ3n) is 4.69. The largest absolute Gasteiger partial charge is 0.480 e. The highest BCUT2D eigenvalue weighted by Gasteiger charge is 2.19. The second-order valence-corrected chi connectivity index (χ2v) is 6.57. The number of rotatable bonds is 7. The summed E-state index contributed by atoms with van der Waals surface area (Å²) < 4.78 is 7.91. The van der Waals surface area contributed by atoms with Crippen molar-refractivity contribution < 1.29 is 9.53 Å². The molecule has 1 heterocycles. The Morgan fingerprint density at radius 2 is 1.96 bits per heavy atom. The van der Waals surface area contributed by atoms with Crippen LogP contribution in [0.15, 0.2) is 61.2 Å². The third kappa shape index (κ3) is 4.56. The van der Waals surface area contributed by atoms with E-state index in [1.165, 1.54) is 0 Å². The molecule has 0 saturated carbocycles. The molecule has 0 aliphatic rings. The fourth-order valence-electron chi connectivity index (χ4n) is 2.83. The van der Waals surface area contributed by atoms with Crippen LogP contribution in [0, 0.1) is 13.8 Å². The van der Waals surface area contributed by atoms with Crippen LogP contribution in [0.1, 0.15) is 30.0 Å². The average molecular weight is 363 g/mol. The van der Waals surface area contributed by atoms with Crippen molar-refractivity contribution in [2.24, 2.45) is 0 Å². The lowest BCUT2D eigenvalue weighted by Gasteiger charge is -2.19. The summed E-state index contributed by atoms with van der Waals surface area (Å²) in [5.41, 5.74) is 4.29. The molecule has 2 aromatic carbocycles. The minimum atomic E-state index is -0.504. The predicted molar refractivity (Wildman–Crippen MR) is 106 cm³/mol. The Bertz CT molecular complexity index is 886. The first-order valence-corrected chi connectivity index (χ1v) is 9.16. The quantitative estimate of drug-likeness (QED) is 0.691. The molecule has 1 aromatic heterocycles. The summed E-state index contributed by atoms with van der Waals surface area (Å²) in [6, 6.07) is 13.9. The van der Waals surface area contributed by atoms with Crippen LogP contribution in [-0.4, -0.2) is 21.6 Å². The van der Waals surface area contributed by atoms with E-state index in [-0.39, 0.29) is 5.91 Å². The van der Waals surface area contributed by atoms with Gasteiger partial charge in [-0.3, -0.25) is 4.79 Å². The van der Waals surface area contributed by atoms with Gasteiger partial charge in [-0.15, -0.1) is 0 Å². The third-order valence-corrected chi connectivity index (χ3v) is 4.69. The number of nitrogens with one attached hydrogen (secondary N) is 1. The van der Waals surface area contributed by atoms with E-state index in [9.17, 15) is 4.79 Å². The van der Waals surface area contributed by atoms with Crippen LogP contribution >= 0.6 is 0 Å². The molecule has 1 atom stereocenters. The maximum atomic E-state index is 12.6. The Kier molecular flexibility index (Phi) is 5.91. The molecule has 5 nitrogen and oxygen atoms in total. The zero-order valence-electron chi connectivity index (χ0n) is 16.0. The fraction of sp³-hybridized carbons (Fsp3) is 0.273. The van der Waals surface area contributed by atoms with Crippen molar-refractivity contribution in [2.75, 3.05) is 0 Å². The van der Waals surface area contributed by atoms with Crippen LogP contribution in [0.5, 0.6) is 5.75 Å². The monoisotopic (exact) mass is 363 g/mol. The molecule has 0 aliphatic carbocycles. The lowest BCUT2D eigenvalue weighted by molar-refractivity contribution is -0.128. The predicted octanol–water partition coefficient (Wildman–Crippen LogP) is 3.96. The first-order valence-electron chi connectivity index (χ1n) is 9.16. The summed E-state index contributed by atoms with van der Waals surface area (Å²) in [5, 5.41) is 2.98. The van der Waals surface area contributed by atoms with Gasteiger partial charge in [0.1, 0.15) is 5.75 Å². The summed E-state index contributed by atoms with van der Waals surface area (Å²) >= 11 is 0. The summed E-state index contributed by atoms with van der Waals surface area (Å²) in [7, 11) is 0. The SMILES string of the molecule is CC[C@@H](Oc1cccc(C)c1C)C(=O)NCc1ccc(-n2ccnc2)cc1. The number of imidazole rings is 1. The zero-order valence-corrected chi connectivity index (χ0v) is 16.0. The Hall–Kier alpha value is -3.08. The van der Waals surface area contributed by atoms with Gasteiger partial charge in [-0.25, -0.2) is 4.98 Å². The van der Waals surface area contributed by atoms with Gasteiger partial charge in [0.05, 0.1) is 6.33 Å². The van der Waals surface area contributed by atoms with Gasteiger partial charge < -0.3 is 14.6 Å². The molecule has 0 radical (unpaired) electrons. The second-order valence-electron chi connectivity index (χ2n) is 6.57.